The molecule has 0 bridgehead atoms. The number of fused-ring (bicyclic) bond motifs is 1. The molecule has 2 rings (SSSR count). The first-order valence-electron chi connectivity index (χ1n) is 3.85. The summed E-state index contributed by atoms with van der Waals surface area (Å²) in [5, 5.41) is 2.21. The van der Waals surface area contributed by atoms with E-state index in [0.717, 1.165) is 16.5 Å². The molecule has 0 saturated heterocycles. The molecule has 0 atom stereocenters. The largest absolute Gasteiger partial charge is 1.00 e. The molecule has 60 valence electrons. The summed E-state index contributed by atoms with van der Waals surface area (Å²) in [5.41, 5.74) is 0. The van der Waals surface area contributed by atoms with E-state index in [2.05, 4.69) is 6.07 Å². The molecule has 0 aliphatic rings. The van der Waals surface area contributed by atoms with Crippen molar-refractivity contribution in [3.05, 3.63) is 42.5 Å². The average Bonchev–Trinajstić information content (AvgIpc) is 2.17. The maximum atomic E-state index is 5.20. The monoisotopic (exact) mass is 164 g/mol. The van der Waals surface area contributed by atoms with Gasteiger partial charge in [-0.15, -0.1) is 35.0 Å². The Balaban J connectivity index is 0.000000845. The third kappa shape index (κ3) is 1.88. The second-order valence-corrected chi connectivity index (χ2v) is 2.59. The van der Waals surface area contributed by atoms with Crippen LogP contribution in [0.4, 0.5) is 0 Å². The molecule has 0 aromatic heterocycles. The van der Waals surface area contributed by atoms with Gasteiger partial charge in [0.25, 0.3) is 0 Å². The molecular weight excluding hydrogens is 155 g/mol. The van der Waals surface area contributed by atoms with Crippen LogP contribution in [0.25, 0.3) is 10.8 Å². The second-order valence-electron chi connectivity index (χ2n) is 2.59. The van der Waals surface area contributed by atoms with Gasteiger partial charge in [0, 0.05) is 5.75 Å². The number of rotatable bonds is 1. The minimum absolute atomic E-state index is 0. The van der Waals surface area contributed by atoms with Crippen molar-refractivity contribution in [1.82, 2.24) is 0 Å². The molecule has 1 nitrogen and oxygen atoms in total. The van der Waals surface area contributed by atoms with E-state index in [1.807, 2.05) is 36.4 Å². The van der Waals surface area contributed by atoms with E-state index in [1.165, 1.54) is 0 Å². The van der Waals surface area contributed by atoms with E-state index in [0.29, 0.717) is 0 Å². The number of methoxy groups -OCH3 is 1. The summed E-state index contributed by atoms with van der Waals surface area (Å²) in [6.07, 6.45) is 0. The van der Waals surface area contributed by atoms with Crippen LogP contribution in [-0.4, -0.2) is 7.11 Å². The standard InChI is InChI=1S/C11H9O.Li/c1-12-11-8-4-6-9-5-2-3-7-10(9)11;/h2-6,8H,1H3;/q-1;+1. The molecular formula is C11H9LiO. The van der Waals surface area contributed by atoms with E-state index >= 15 is 0 Å². The Morgan fingerprint density at radius 3 is 2.69 bits per heavy atom. The van der Waals surface area contributed by atoms with Gasteiger partial charge in [-0.25, -0.2) is 0 Å². The average molecular weight is 164 g/mol. The SMILES string of the molecule is COc1cccc2ccc[c-]c12.[Li+]. The number of hydrogen-bond acceptors (Lipinski definition) is 1. The minimum Gasteiger partial charge on any atom is -0.539 e. The molecule has 2 aromatic carbocycles. The fraction of sp³-hybridized carbons (Fsp3) is 0.0909. The van der Waals surface area contributed by atoms with Gasteiger partial charge in [0.2, 0.25) is 0 Å². The summed E-state index contributed by atoms with van der Waals surface area (Å²) in [7, 11) is 1.68. The first kappa shape index (κ1) is 10.2. The van der Waals surface area contributed by atoms with Crippen LogP contribution >= 0.6 is 0 Å². The summed E-state index contributed by atoms with van der Waals surface area (Å²) < 4.78 is 5.20. The van der Waals surface area contributed by atoms with Crippen molar-refractivity contribution in [3.63, 3.8) is 0 Å². The van der Waals surface area contributed by atoms with Gasteiger partial charge in [-0.05, 0) is 0 Å². The van der Waals surface area contributed by atoms with Crippen LogP contribution in [-0.2, 0) is 0 Å². The van der Waals surface area contributed by atoms with E-state index in [4.69, 9.17) is 4.74 Å². The van der Waals surface area contributed by atoms with Crippen LogP contribution in [0.2, 0.25) is 0 Å². The Kier molecular flexibility index (Phi) is 3.42. The summed E-state index contributed by atoms with van der Waals surface area (Å²) in [4.78, 5) is 0. The molecule has 0 aliphatic heterocycles. The summed E-state index contributed by atoms with van der Waals surface area (Å²) in [5.74, 6) is 0.883. The normalized spacial score (nSPS) is 9.31. The van der Waals surface area contributed by atoms with Crippen LogP contribution in [0.3, 0.4) is 0 Å². The number of hydrogen-bond donors (Lipinski definition) is 0. The van der Waals surface area contributed by atoms with Gasteiger partial charge in [-0.3, -0.25) is 0 Å². The van der Waals surface area contributed by atoms with Crippen molar-refractivity contribution in [2.75, 3.05) is 7.11 Å². The fourth-order valence-corrected chi connectivity index (χ4v) is 1.29. The van der Waals surface area contributed by atoms with E-state index in [-0.39, 0.29) is 18.9 Å². The Hall–Kier alpha value is -0.903. The molecule has 2 heteroatoms. The number of benzene rings is 2. The summed E-state index contributed by atoms with van der Waals surface area (Å²) >= 11 is 0. The van der Waals surface area contributed by atoms with Crippen LogP contribution in [0.15, 0.2) is 36.4 Å². The van der Waals surface area contributed by atoms with Crippen LogP contribution < -0.4 is 23.6 Å². The molecule has 0 fully saturated rings. The first-order valence-corrected chi connectivity index (χ1v) is 3.85. The molecule has 0 amide bonds. The molecule has 0 aliphatic carbocycles. The zero-order valence-corrected chi connectivity index (χ0v) is 7.87. The Bertz CT molecular complexity index is 393. The Morgan fingerprint density at radius 2 is 1.92 bits per heavy atom. The maximum absolute atomic E-state index is 5.20. The van der Waals surface area contributed by atoms with Gasteiger partial charge in [-0.2, -0.15) is 0 Å². The minimum atomic E-state index is 0. The van der Waals surface area contributed by atoms with E-state index in [9.17, 15) is 0 Å². The maximum Gasteiger partial charge on any atom is 1.00 e. The van der Waals surface area contributed by atoms with Crippen molar-refractivity contribution in [3.8, 4) is 5.75 Å². The zero-order chi connectivity index (χ0) is 8.39. The molecule has 0 radical (unpaired) electrons. The molecule has 0 unspecified atom stereocenters. The predicted molar refractivity (Wildman–Crippen MR) is 49.3 cm³/mol. The van der Waals surface area contributed by atoms with E-state index < -0.39 is 0 Å². The second kappa shape index (κ2) is 4.37. The molecule has 0 heterocycles. The van der Waals surface area contributed by atoms with Crippen molar-refractivity contribution >= 4 is 10.8 Å². The van der Waals surface area contributed by atoms with Gasteiger partial charge >= 0.3 is 18.9 Å². The van der Waals surface area contributed by atoms with Crippen molar-refractivity contribution in [2.45, 2.75) is 0 Å². The van der Waals surface area contributed by atoms with Crippen molar-refractivity contribution < 1.29 is 23.6 Å². The summed E-state index contributed by atoms with van der Waals surface area (Å²) in [6, 6.07) is 15.0. The molecule has 0 spiro atoms. The fourth-order valence-electron chi connectivity index (χ4n) is 1.29. The molecule has 2 aromatic rings. The number of ether oxygens (including phenoxy) is 1. The van der Waals surface area contributed by atoms with Crippen LogP contribution in [0, 0.1) is 6.07 Å². The third-order valence-electron chi connectivity index (χ3n) is 1.88. The third-order valence-corrected chi connectivity index (χ3v) is 1.88. The van der Waals surface area contributed by atoms with Gasteiger partial charge in [0.15, 0.2) is 0 Å². The molecule has 0 saturated carbocycles. The van der Waals surface area contributed by atoms with E-state index in [1.54, 1.807) is 7.11 Å². The quantitative estimate of drug-likeness (QED) is 0.413. The van der Waals surface area contributed by atoms with Crippen molar-refractivity contribution in [1.29, 1.82) is 0 Å². The van der Waals surface area contributed by atoms with Crippen molar-refractivity contribution in [2.24, 2.45) is 0 Å². The smallest absolute Gasteiger partial charge is 0.539 e. The van der Waals surface area contributed by atoms with Crippen LogP contribution in [0.5, 0.6) is 5.75 Å². The summed E-state index contributed by atoms with van der Waals surface area (Å²) in [6.45, 7) is 0. The molecule has 13 heavy (non-hydrogen) atoms. The Morgan fingerprint density at radius 1 is 1.15 bits per heavy atom. The zero-order valence-electron chi connectivity index (χ0n) is 7.87. The van der Waals surface area contributed by atoms with Gasteiger partial charge in [0.05, 0.1) is 7.11 Å². The Labute approximate surface area is 89.9 Å². The topological polar surface area (TPSA) is 9.23 Å². The van der Waals surface area contributed by atoms with Gasteiger partial charge in [-0.1, -0.05) is 18.2 Å². The first-order chi connectivity index (χ1) is 5.92. The van der Waals surface area contributed by atoms with Gasteiger partial charge < -0.3 is 4.74 Å². The molecule has 0 N–H and O–H groups in total. The van der Waals surface area contributed by atoms with Gasteiger partial charge in [0.1, 0.15) is 0 Å². The van der Waals surface area contributed by atoms with Crippen LogP contribution in [0.1, 0.15) is 0 Å². The predicted octanol–water partition coefficient (Wildman–Crippen LogP) is -0.347.